The second kappa shape index (κ2) is 9.91. The van der Waals surface area contributed by atoms with Gasteiger partial charge in [-0.3, -0.25) is 14.8 Å². The van der Waals surface area contributed by atoms with Crippen molar-refractivity contribution in [2.24, 2.45) is 5.41 Å². The van der Waals surface area contributed by atoms with Crippen LogP contribution in [0.1, 0.15) is 42.3 Å². The predicted octanol–water partition coefficient (Wildman–Crippen LogP) is 5.39. The van der Waals surface area contributed by atoms with Crippen molar-refractivity contribution in [2.45, 2.75) is 52.6 Å². The number of piperidine rings is 1. The molecule has 0 radical (unpaired) electrons. The van der Waals surface area contributed by atoms with Gasteiger partial charge >= 0.3 is 5.97 Å². The number of pyridine rings is 1. The zero-order valence-corrected chi connectivity index (χ0v) is 20.6. The van der Waals surface area contributed by atoms with Crippen molar-refractivity contribution >= 4 is 29.2 Å². The minimum Gasteiger partial charge on any atom is -0.481 e. The highest BCUT2D eigenvalue weighted by Gasteiger charge is 2.45. The Morgan fingerprint density at radius 2 is 2.06 bits per heavy atom. The number of aromatic amines is 1. The summed E-state index contributed by atoms with van der Waals surface area (Å²) in [6.45, 7) is 6.25. The second-order valence-electron chi connectivity index (χ2n) is 9.39. The van der Waals surface area contributed by atoms with Crippen LogP contribution in [0.3, 0.4) is 0 Å². The summed E-state index contributed by atoms with van der Waals surface area (Å²) in [4.78, 5) is 18.8. The van der Waals surface area contributed by atoms with Crippen molar-refractivity contribution in [1.82, 2.24) is 20.1 Å². The Kier molecular flexibility index (Phi) is 7.10. The van der Waals surface area contributed by atoms with E-state index in [2.05, 4.69) is 20.5 Å². The fourth-order valence-corrected chi connectivity index (χ4v) is 4.86. The topological polar surface area (TPSA) is 94.1 Å². The summed E-state index contributed by atoms with van der Waals surface area (Å²) in [7, 11) is 0. The molecule has 1 saturated heterocycles. The molecule has 3 aromatic rings. The number of likely N-dealkylation sites (tertiary alicyclic amines) is 1. The van der Waals surface area contributed by atoms with Gasteiger partial charge in [0.15, 0.2) is 5.82 Å². The van der Waals surface area contributed by atoms with E-state index in [0.717, 1.165) is 5.69 Å². The van der Waals surface area contributed by atoms with Gasteiger partial charge in [0.25, 0.3) is 0 Å². The van der Waals surface area contributed by atoms with E-state index in [4.69, 9.17) is 11.6 Å². The lowest BCUT2D eigenvalue weighted by Gasteiger charge is -2.43. The number of nitrogens with one attached hydrogen (secondary N) is 2. The Morgan fingerprint density at radius 3 is 2.71 bits per heavy atom. The van der Waals surface area contributed by atoms with Crippen LogP contribution in [-0.2, 0) is 17.8 Å². The molecule has 0 bridgehead atoms. The molecule has 35 heavy (non-hydrogen) atoms. The Balaban J connectivity index is 1.52. The van der Waals surface area contributed by atoms with Crippen molar-refractivity contribution in [3.05, 3.63) is 69.5 Å². The maximum absolute atomic E-state index is 14.7. The first-order valence-electron chi connectivity index (χ1n) is 11.4. The first-order valence-corrected chi connectivity index (χ1v) is 11.8. The van der Waals surface area contributed by atoms with Crippen molar-refractivity contribution < 1.29 is 18.7 Å². The quantitative estimate of drug-likeness (QED) is 0.400. The van der Waals surface area contributed by atoms with E-state index in [1.165, 1.54) is 12.1 Å². The number of hydrogen-bond acceptors (Lipinski definition) is 5. The molecular weight excluding hydrogens is 476 g/mol. The van der Waals surface area contributed by atoms with Crippen molar-refractivity contribution in [3.8, 4) is 0 Å². The van der Waals surface area contributed by atoms with Gasteiger partial charge in [0, 0.05) is 36.3 Å². The SMILES string of the molecule is Cc1cc(Nc2ccc(F)c(CC3(C(=O)O)CCN(Cc4ccc(C)c(Cl)c4F)[C@H](C)C3)n2)n[nH]1. The smallest absolute Gasteiger partial charge is 0.310 e. The van der Waals surface area contributed by atoms with Gasteiger partial charge in [-0.05, 0) is 57.9 Å². The van der Waals surface area contributed by atoms with Crippen LogP contribution in [0.5, 0.6) is 0 Å². The molecule has 10 heteroatoms. The summed E-state index contributed by atoms with van der Waals surface area (Å²) in [5, 5.41) is 20.2. The number of rotatable bonds is 7. The predicted molar refractivity (Wildman–Crippen MR) is 130 cm³/mol. The number of hydrogen-bond donors (Lipinski definition) is 3. The van der Waals surface area contributed by atoms with E-state index in [-0.39, 0.29) is 36.0 Å². The third-order valence-electron chi connectivity index (χ3n) is 6.76. The first-order chi connectivity index (χ1) is 16.6. The van der Waals surface area contributed by atoms with Crippen LogP contribution in [0.25, 0.3) is 0 Å². The number of carboxylic acids is 1. The van der Waals surface area contributed by atoms with Gasteiger partial charge in [0.1, 0.15) is 17.5 Å². The number of benzene rings is 1. The number of aliphatic carboxylic acids is 1. The Hall–Kier alpha value is -3.04. The molecular formula is C25H28ClF2N5O2. The van der Waals surface area contributed by atoms with Gasteiger partial charge in [0.2, 0.25) is 0 Å². The fraction of sp³-hybridized carbons (Fsp3) is 0.400. The number of halogens is 3. The summed E-state index contributed by atoms with van der Waals surface area (Å²) in [5.41, 5.74) is 0.887. The van der Waals surface area contributed by atoms with Crippen molar-refractivity contribution in [1.29, 1.82) is 0 Å². The lowest BCUT2D eigenvalue weighted by atomic mass is 9.72. The Morgan fingerprint density at radius 1 is 1.29 bits per heavy atom. The summed E-state index contributed by atoms with van der Waals surface area (Å²) < 4.78 is 29.3. The lowest BCUT2D eigenvalue weighted by Crippen LogP contribution is -2.50. The van der Waals surface area contributed by atoms with E-state index in [9.17, 15) is 18.7 Å². The molecule has 0 aliphatic carbocycles. The third-order valence-corrected chi connectivity index (χ3v) is 7.22. The maximum Gasteiger partial charge on any atom is 0.310 e. The Labute approximate surface area is 207 Å². The number of aromatic nitrogens is 3. The van der Waals surface area contributed by atoms with Crippen LogP contribution < -0.4 is 5.32 Å². The number of aryl methyl sites for hydroxylation is 2. The highest BCUT2D eigenvalue weighted by atomic mass is 35.5. The molecule has 3 heterocycles. The molecule has 7 nitrogen and oxygen atoms in total. The van der Waals surface area contributed by atoms with E-state index < -0.39 is 23.0 Å². The molecule has 1 aromatic carbocycles. The normalized spacial score (nSPS) is 20.7. The van der Waals surface area contributed by atoms with Crippen LogP contribution >= 0.6 is 11.6 Å². The molecule has 0 spiro atoms. The van der Waals surface area contributed by atoms with Crippen LogP contribution in [0, 0.1) is 30.9 Å². The molecule has 3 N–H and O–H groups in total. The van der Waals surface area contributed by atoms with E-state index in [1.807, 2.05) is 18.7 Å². The van der Waals surface area contributed by atoms with E-state index in [1.54, 1.807) is 25.1 Å². The number of carbonyl (C=O) groups is 1. The average molecular weight is 504 g/mol. The van der Waals surface area contributed by atoms with Gasteiger partial charge in [-0.25, -0.2) is 13.8 Å². The molecule has 1 aliphatic rings. The second-order valence-corrected chi connectivity index (χ2v) is 9.77. The molecule has 4 rings (SSSR count). The minimum absolute atomic E-state index is 0.0494. The molecule has 2 atom stereocenters. The average Bonchev–Trinajstić information content (AvgIpc) is 3.22. The number of nitrogens with zero attached hydrogens (tertiary/aromatic N) is 3. The molecule has 1 fully saturated rings. The molecule has 186 valence electrons. The van der Waals surface area contributed by atoms with Gasteiger partial charge in [-0.15, -0.1) is 0 Å². The first kappa shape index (κ1) is 25.1. The largest absolute Gasteiger partial charge is 0.481 e. The van der Waals surface area contributed by atoms with Crippen LogP contribution in [0.15, 0.2) is 30.3 Å². The minimum atomic E-state index is -1.19. The van der Waals surface area contributed by atoms with Gasteiger partial charge in [-0.2, -0.15) is 5.10 Å². The van der Waals surface area contributed by atoms with E-state index in [0.29, 0.717) is 35.9 Å². The number of carboxylic acid groups (broad SMARTS) is 1. The molecule has 2 aromatic heterocycles. The summed E-state index contributed by atoms with van der Waals surface area (Å²) in [6, 6.07) is 7.86. The van der Waals surface area contributed by atoms with Crippen molar-refractivity contribution in [2.75, 3.05) is 11.9 Å². The highest BCUT2D eigenvalue weighted by Crippen LogP contribution is 2.39. The van der Waals surface area contributed by atoms with Crippen LogP contribution in [0.2, 0.25) is 5.02 Å². The number of anilines is 2. The van der Waals surface area contributed by atoms with Gasteiger partial charge in [0.05, 0.1) is 16.1 Å². The zero-order valence-electron chi connectivity index (χ0n) is 19.8. The van der Waals surface area contributed by atoms with E-state index >= 15 is 0 Å². The summed E-state index contributed by atoms with van der Waals surface area (Å²) >= 11 is 6.07. The monoisotopic (exact) mass is 503 g/mol. The third kappa shape index (κ3) is 5.31. The van der Waals surface area contributed by atoms with Crippen molar-refractivity contribution in [3.63, 3.8) is 0 Å². The molecule has 1 unspecified atom stereocenters. The standard InChI is InChI=1S/C25H28ClF2N5O2/c1-14-4-5-17(23(28)22(14)26)13-33-9-8-25(24(34)35,11-16(33)3)12-19-18(27)6-7-20(29-19)30-21-10-15(2)31-32-21/h4-7,10,16H,8-9,11-13H2,1-3H3,(H,34,35)(H2,29,30,31,32)/t16-,25?/m1/s1. The molecule has 0 saturated carbocycles. The fourth-order valence-electron chi connectivity index (χ4n) is 4.68. The maximum atomic E-state index is 14.7. The lowest BCUT2D eigenvalue weighted by molar-refractivity contribution is -0.153. The van der Waals surface area contributed by atoms with Crippen LogP contribution in [-0.4, -0.2) is 43.7 Å². The summed E-state index contributed by atoms with van der Waals surface area (Å²) in [6.07, 6.45) is 0.512. The molecule has 1 aliphatic heterocycles. The Bertz CT molecular complexity index is 1250. The summed E-state index contributed by atoms with van der Waals surface area (Å²) in [5.74, 6) is -1.08. The number of H-pyrrole nitrogens is 1. The molecule has 0 amide bonds. The highest BCUT2D eigenvalue weighted by molar-refractivity contribution is 6.31. The van der Waals surface area contributed by atoms with Crippen LogP contribution in [0.4, 0.5) is 20.4 Å². The van der Waals surface area contributed by atoms with Gasteiger partial charge < -0.3 is 10.4 Å². The van der Waals surface area contributed by atoms with Gasteiger partial charge in [-0.1, -0.05) is 23.7 Å². The zero-order chi connectivity index (χ0) is 25.3.